The third-order valence-corrected chi connectivity index (χ3v) is 6.04. The van der Waals surface area contributed by atoms with Crippen molar-refractivity contribution in [1.29, 1.82) is 0 Å². The van der Waals surface area contributed by atoms with E-state index in [1.54, 1.807) is 6.92 Å². The number of ketones is 1. The van der Waals surface area contributed by atoms with Crippen LogP contribution in [0.1, 0.15) is 90.9 Å². The number of aliphatic hydroxyl groups excluding tert-OH is 2. The topological polar surface area (TPSA) is 86.6 Å². The van der Waals surface area contributed by atoms with E-state index in [9.17, 15) is 28.6 Å². The van der Waals surface area contributed by atoms with Crippen LogP contribution >= 0.6 is 0 Å². The van der Waals surface area contributed by atoms with Crippen LogP contribution in [0, 0.1) is 11.8 Å². The van der Waals surface area contributed by atoms with Crippen LogP contribution in [0.4, 0.5) is 8.78 Å². The van der Waals surface area contributed by atoms with Gasteiger partial charge < -0.3 is 15.5 Å². The zero-order valence-corrected chi connectivity index (χ0v) is 18.0. The second-order valence-corrected chi connectivity index (χ2v) is 8.37. The van der Waals surface area contributed by atoms with Gasteiger partial charge in [-0.15, -0.1) is 0 Å². The number of alkyl halides is 2. The summed E-state index contributed by atoms with van der Waals surface area (Å²) in [6.07, 6.45) is 3.99. The van der Waals surface area contributed by atoms with Crippen LogP contribution in [0.25, 0.3) is 0 Å². The Kier molecular flexibility index (Phi) is 11.9. The third-order valence-electron chi connectivity index (χ3n) is 6.04. The highest BCUT2D eigenvalue weighted by Crippen LogP contribution is 2.39. The lowest BCUT2D eigenvalue weighted by atomic mass is 9.84. The molecule has 7 heteroatoms. The molecule has 1 unspecified atom stereocenters. The van der Waals surface area contributed by atoms with Crippen molar-refractivity contribution in [2.45, 2.75) is 109 Å². The summed E-state index contributed by atoms with van der Waals surface area (Å²) in [5, 5.41) is 23.3. The summed E-state index contributed by atoms with van der Waals surface area (Å²) in [6, 6.07) is 0. The van der Waals surface area contributed by atoms with Crippen LogP contribution in [0.15, 0.2) is 0 Å². The smallest absolute Gasteiger partial charge is 0.305 e. The minimum atomic E-state index is -3.29. The van der Waals surface area contributed by atoms with Gasteiger partial charge in [-0.25, -0.2) is 0 Å². The molecule has 29 heavy (non-hydrogen) atoms. The molecule has 1 aliphatic rings. The van der Waals surface area contributed by atoms with E-state index < -0.39 is 30.3 Å². The van der Waals surface area contributed by atoms with Crippen molar-refractivity contribution >= 4 is 11.7 Å². The van der Waals surface area contributed by atoms with Gasteiger partial charge in [0.15, 0.2) is 0 Å². The zero-order valence-electron chi connectivity index (χ0n) is 18.0. The van der Waals surface area contributed by atoms with E-state index in [2.05, 4.69) is 5.32 Å². The first-order chi connectivity index (χ1) is 13.7. The third kappa shape index (κ3) is 9.08. The van der Waals surface area contributed by atoms with Crippen molar-refractivity contribution in [3.8, 4) is 0 Å². The number of carbonyl (C=O) groups excluding carboxylic acids is 2. The Morgan fingerprint density at radius 2 is 1.55 bits per heavy atom. The fourth-order valence-corrected chi connectivity index (χ4v) is 4.30. The number of aliphatic hydroxyl groups is 2. The first-order valence-corrected chi connectivity index (χ1v) is 11.3. The molecule has 1 aliphatic carbocycles. The average Bonchev–Trinajstić information content (AvgIpc) is 2.93. The lowest BCUT2D eigenvalue weighted by molar-refractivity contribution is -0.144. The maximum Gasteiger partial charge on any atom is 0.305 e. The summed E-state index contributed by atoms with van der Waals surface area (Å²) in [7, 11) is 0. The quantitative estimate of drug-likeness (QED) is 0.350. The summed E-state index contributed by atoms with van der Waals surface area (Å²) in [5.41, 5.74) is 0. The predicted molar refractivity (Wildman–Crippen MR) is 109 cm³/mol. The summed E-state index contributed by atoms with van der Waals surface area (Å²) in [6.45, 7) is 4.33. The molecular formula is C22H39F2NO4. The summed E-state index contributed by atoms with van der Waals surface area (Å²) >= 11 is 0. The normalized spacial score (nSPS) is 24.6. The number of hydrogen-bond donors (Lipinski definition) is 3. The molecule has 1 fully saturated rings. The Balaban J connectivity index is 2.39. The SMILES string of the molecule is CCCCC(F)(F)C(=O)CC[C@@H]1C(CCCCCCC(=O)NCC)[C@@H](O)C[C@H]1O. The molecule has 4 atom stereocenters. The molecule has 3 N–H and O–H groups in total. The number of carbonyl (C=O) groups is 2. The Morgan fingerprint density at radius 1 is 0.931 bits per heavy atom. The number of nitrogens with one attached hydrogen (secondary N) is 1. The molecule has 0 aliphatic heterocycles. The Labute approximate surface area is 173 Å². The highest BCUT2D eigenvalue weighted by Gasteiger charge is 2.43. The molecule has 1 saturated carbocycles. The van der Waals surface area contributed by atoms with E-state index in [-0.39, 0.29) is 37.0 Å². The highest BCUT2D eigenvalue weighted by molar-refractivity contribution is 5.85. The molecule has 1 amide bonds. The van der Waals surface area contributed by atoms with Crippen LogP contribution in [0.3, 0.4) is 0 Å². The average molecular weight is 420 g/mol. The standard InChI is InChI=1S/C22H39F2NO4/c1-3-5-14-22(23,24)20(28)13-12-17-16(18(26)15-19(17)27)10-8-6-7-9-11-21(29)25-4-2/h16-19,26-27H,3-15H2,1-2H3,(H,25,29)/t16?,17-,18+,19-/m1/s1. The molecule has 0 aromatic heterocycles. The number of unbranched alkanes of at least 4 members (excludes halogenated alkanes) is 4. The first-order valence-electron chi connectivity index (χ1n) is 11.3. The molecule has 170 valence electrons. The van der Waals surface area contributed by atoms with Crippen molar-refractivity contribution < 1.29 is 28.6 Å². The van der Waals surface area contributed by atoms with Crippen molar-refractivity contribution in [3.63, 3.8) is 0 Å². The van der Waals surface area contributed by atoms with E-state index in [0.717, 1.165) is 25.7 Å². The Morgan fingerprint density at radius 3 is 2.17 bits per heavy atom. The van der Waals surface area contributed by atoms with Crippen LogP contribution in [-0.2, 0) is 9.59 Å². The minimum absolute atomic E-state index is 0.0577. The molecule has 0 bridgehead atoms. The molecule has 0 spiro atoms. The van der Waals surface area contributed by atoms with Gasteiger partial charge >= 0.3 is 5.92 Å². The zero-order chi connectivity index (χ0) is 21.9. The number of halogens is 2. The molecule has 0 saturated heterocycles. The predicted octanol–water partition coefficient (Wildman–Crippen LogP) is 4.00. The molecule has 0 radical (unpaired) electrons. The largest absolute Gasteiger partial charge is 0.393 e. The van der Waals surface area contributed by atoms with Gasteiger partial charge in [-0.05, 0) is 50.9 Å². The maximum atomic E-state index is 13.9. The summed E-state index contributed by atoms with van der Waals surface area (Å²) in [4.78, 5) is 23.3. The van der Waals surface area contributed by atoms with Gasteiger partial charge in [-0.2, -0.15) is 8.78 Å². The number of hydrogen-bond acceptors (Lipinski definition) is 4. The van der Waals surface area contributed by atoms with Gasteiger partial charge in [0, 0.05) is 25.8 Å². The van der Waals surface area contributed by atoms with Gasteiger partial charge in [-0.1, -0.05) is 32.6 Å². The van der Waals surface area contributed by atoms with Crippen molar-refractivity contribution in [1.82, 2.24) is 5.32 Å². The number of rotatable bonds is 15. The fourth-order valence-electron chi connectivity index (χ4n) is 4.30. The molecule has 0 aromatic carbocycles. The van der Waals surface area contributed by atoms with Gasteiger partial charge in [0.2, 0.25) is 11.7 Å². The van der Waals surface area contributed by atoms with Crippen molar-refractivity contribution in [2.75, 3.05) is 6.54 Å². The molecule has 5 nitrogen and oxygen atoms in total. The molecular weight excluding hydrogens is 380 g/mol. The van der Waals surface area contributed by atoms with Crippen LogP contribution in [0.5, 0.6) is 0 Å². The maximum absolute atomic E-state index is 13.9. The van der Waals surface area contributed by atoms with Gasteiger partial charge in [0.05, 0.1) is 12.2 Å². The second-order valence-electron chi connectivity index (χ2n) is 8.37. The van der Waals surface area contributed by atoms with Crippen molar-refractivity contribution in [3.05, 3.63) is 0 Å². The van der Waals surface area contributed by atoms with E-state index in [4.69, 9.17) is 0 Å². The number of Topliss-reactive ketones (excluding diaryl/α,β-unsaturated/α-hetero) is 1. The summed E-state index contributed by atoms with van der Waals surface area (Å²) < 4.78 is 27.8. The monoisotopic (exact) mass is 419 g/mol. The van der Waals surface area contributed by atoms with Crippen molar-refractivity contribution in [2.24, 2.45) is 11.8 Å². The second kappa shape index (κ2) is 13.3. The lowest BCUT2D eigenvalue weighted by Gasteiger charge is -2.24. The van der Waals surface area contributed by atoms with Crippen LogP contribution < -0.4 is 5.32 Å². The van der Waals surface area contributed by atoms with E-state index >= 15 is 0 Å². The fraction of sp³-hybridized carbons (Fsp3) is 0.909. The Hall–Kier alpha value is -1.08. The summed E-state index contributed by atoms with van der Waals surface area (Å²) in [5.74, 6) is -4.76. The Bertz CT molecular complexity index is 501. The number of amides is 1. The lowest BCUT2D eigenvalue weighted by Crippen LogP contribution is -2.30. The highest BCUT2D eigenvalue weighted by atomic mass is 19.3. The van der Waals surface area contributed by atoms with E-state index in [0.29, 0.717) is 32.2 Å². The van der Waals surface area contributed by atoms with E-state index in [1.165, 1.54) is 0 Å². The molecule has 0 aromatic rings. The first kappa shape index (κ1) is 26.0. The van der Waals surface area contributed by atoms with E-state index in [1.807, 2.05) is 6.92 Å². The minimum Gasteiger partial charge on any atom is -0.393 e. The van der Waals surface area contributed by atoms with Gasteiger partial charge in [0.25, 0.3) is 0 Å². The van der Waals surface area contributed by atoms with Gasteiger partial charge in [-0.3, -0.25) is 9.59 Å². The van der Waals surface area contributed by atoms with Crippen LogP contribution in [-0.4, -0.2) is 46.6 Å². The molecule has 0 heterocycles. The molecule has 1 rings (SSSR count). The van der Waals surface area contributed by atoms with Gasteiger partial charge in [0.1, 0.15) is 0 Å². The van der Waals surface area contributed by atoms with Crippen LogP contribution in [0.2, 0.25) is 0 Å².